The van der Waals surface area contributed by atoms with Gasteiger partial charge in [-0.2, -0.15) is 4.98 Å². The lowest BCUT2D eigenvalue weighted by Gasteiger charge is -2.40. The van der Waals surface area contributed by atoms with Crippen LogP contribution in [0.3, 0.4) is 0 Å². The second-order valence-corrected chi connectivity index (χ2v) is 18.5. The third-order valence-corrected chi connectivity index (χ3v) is 12.9. The molecule has 17 nitrogen and oxygen atoms in total. The van der Waals surface area contributed by atoms with Crippen LogP contribution in [0.15, 0.2) is 71.6 Å². The Morgan fingerprint density at radius 1 is 0.923 bits per heavy atom. The average molecular weight is 881 g/mol. The number of hydrogen-bond acceptors (Lipinski definition) is 13. The van der Waals surface area contributed by atoms with E-state index in [0.29, 0.717) is 41.7 Å². The number of aliphatic hydroxyl groups excluding tert-OH is 1. The smallest absolute Gasteiger partial charge is 0.328 e. The lowest BCUT2D eigenvalue weighted by Crippen LogP contribution is -2.49. The lowest BCUT2D eigenvalue weighted by molar-refractivity contribution is -0.120. The van der Waals surface area contributed by atoms with E-state index >= 15 is 0 Å². The number of aryl methyl sites for hydroxylation is 1. The molecule has 4 aromatic heterocycles. The Morgan fingerprint density at radius 3 is 2.38 bits per heavy atom. The molecule has 3 saturated heterocycles. The molecule has 1 unspecified atom stereocenters. The van der Waals surface area contributed by atoms with Crippen molar-refractivity contribution < 1.29 is 24.0 Å². The molecule has 0 spiro atoms. The molecule has 7 heterocycles. The number of fused-ring (bicyclic) bond motifs is 1. The number of rotatable bonds is 11. The zero-order valence-corrected chi connectivity index (χ0v) is 37.6. The quantitative estimate of drug-likeness (QED) is 0.116. The normalized spacial score (nSPS) is 17.2. The van der Waals surface area contributed by atoms with Crippen LogP contribution in [-0.2, 0) is 16.8 Å². The Balaban J connectivity index is 0.780. The number of carbonyl (C=O) groups is 3. The van der Waals surface area contributed by atoms with Gasteiger partial charge < -0.3 is 29.7 Å². The van der Waals surface area contributed by atoms with E-state index in [-0.39, 0.29) is 29.8 Å². The lowest BCUT2D eigenvalue weighted by atomic mass is 9.95. The van der Waals surface area contributed by atoms with Gasteiger partial charge in [0, 0.05) is 86.5 Å². The first-order chi connectivity index (χ1) is 31.3. The summed E-state index contributed by atoms with van der Waals surface area (Å²) in [6.45, 7) is 16.9. The molecule has 6 aromatic rings. The molecule has 3 aliphatic heterocycles. The van der Waals surface area contributed by atoms with E-state index in [1.807, 2.05) is 77.2 Å². The minimum atomic E-state index is -0.462. The highest BCUT2D eigenvalue weighted by Gasteiger charge is 2.29. The van der Waals surface area contributed by atoms with Crippen LogP contribution in [0.5, 0.6) is 0 Å². The SMILES string of the molecule is Cc1cc(N2CCC(CN3CCN(c4ccc(-c5cc6c(-c7ccc(C(C)NC(=O)c8noc(C(C)(C)C)n8)c(CO)c7)ncnc6[nH]5)nc4)CC3)CC2)ccc1N1CCC(=O)NC1=O. The first-order valence-corrected chi connectivity index (χ1v) is 22.4. The summed E-state index contributed by atoms with van der Waals surface area (Å²) >= 11 is 0. The van der Waals surface area contributed by atoms with Gasteiger partial charge in [-0.15, -0.1) is 0 Å². The summed E-state index contributed by atoms with van der Waals surface area (Å²) in [7, 11) is 0. The van der Waals surface area contributed by atoms with E-state index in [2.05, 4.69) is 68.6 Å². The van der Waals surface area contributed by atoms with Gasteiger partial charge in [-0.3, -0.25) is 29.7 Å². The van der Waals surface area contributed by atoms with Gasteiger partial charge in [0.25, 0.3) is 11.7 Å². The second kappa shape index (κ2) is 18.0. The Hall–Kier alpha value is -6.72. The van der Waals surface area contributed by atoms with Crippen LogP contribution in [-0.4, -0.2) is 110 Å². The molecule has 9 rings (SSSR count). The Labute approximate surface area is 377 Å². The Bertz CT molecular complexity index is 2710. The number of aromatic nitrogens is 6. The van der Waals surface area contributed by atoms with Crippen LogP contribution in [0.25, 0.3) is 33.7 Å². The number of pyridine rings is 1. The van der Waals surface area contributed by atoms with E-state index < -0.39 is 11.9 Å². The van der Waals surface area contributed by atoms with Crippen LogP contribution in [0.1, 0.15) is 86.2 Å². The number of benzene rings is 2. The number of anilines is 3. The zero-order valence-electron chi connectivity index (χ0n) is 37.6. The molecule has 4 N–H and O–H groups in total. The third-order valence-electron chi connectivity index (χ3n) is 12.9. The Morgan fingerprint density at radius 2 is 1.69 bits per heavy atom. The standard InChI is InChI=1S/C48H56N12O5/c1-29-22-34(8-11-40(29)60-17-14-41(62)54-47(60)64)58-15-12-31(13-16-58)26-57-18-20-59(21-19-57)35-7-10-38(49-25-35)39-24-37-42(50-28-51-43(37)53-39)32-6-9-36(33(23-32)27-61)30(2)52-45(63)44-55-46(65-56-44)48(3,4)5/h6-11,22-25,28,30-31,61H,12-21,26-27H2,1-5H3,(H,52,63)(H,50,51,53)(H,54,62,64). The number of piperidine rings is 1. The van der Waals surface area contributed by atoms with E-state index in [4.69, 9.17) is 9.51 Å². The fraction of sp³-hybridized carbons (Fsp3) is 0.417. The summed E-state index contributed by atoms with van der Waals surface area (Å²) in [5.41, 5.74) is 9.02. The number of piperazine rings is 1. The number of carbonyl (C=O) groups excluding carboxylic acids is 3. The van der Waals surface area contributed by atoms with Gasteiger partial charge in [0.1, 0.15) is 12.0 Å². The minimum Gasteiger partial charge on any atom is -0.392 e. The number of hydrogen-bond donors (Lipinski definition) is 4. The average Bonchev–Trinajstić information content (AvgIpc) is 3.99. The van der Waals surface area contributed by atoms with Crippen molar-refractivity contribution in [3.8, 4) is 22.6 Å². The number of H-pyrrole nitrogens is 1. The van der Waals surface area contributed by atoms with E-state index in [1.165, 1.54) is 12.0 Å². The molecular formula is C48H56N12O5. The maximum Gasteiger partial charge on any atom is 0.328 e. The number of nitrogens with one attached hydrogen (secondary N) is 3. The van der Waals surface area contributed by atoms with E-state index in [9.17, 15) is 19.5 Å². The van der Waals surface area contributed by atoms with Crippen molar-refractivity contribution in [1.29, 1.82) is 0 Å². The highest BCUT2D eigenvalue weighted by molar-refractivity contribution is 6.06. The minimum absolute atomic E-state index is 0.0386. The number of imide groups is 1. The zero-order chi connectivity index (χ0) is 45.4. The van der Waals surface area contributed by atoms with E-state index in [1.54, 1.807) is 4.90 Å². The van der Waals surface area contributed by atoms with Crippen LogP contribution >= 0.6 is 0 Å². The van der Waals surface area contributed by atoms with Gasteiger partial charge in [-0.25, -0.2) is 14.8 Å². The summed E-state index contributed by atoms with van der Waals surface area (Å²) in [5.74, 6) is 0.309. The molecule has 338 valence electrons. The van der Waals surface area contributed by atoms with Crippen molar-refractivity contribution in [1.82, 2.24) is 45.6 Å². The first kappa shape index (κ1) is 43.5. The number of aromatic amines is 1. The molecule has 4 amide bonds. The number of urea groups is 1. The van der Waals surface area contributed by atoms with Crippen LogP contribution in [0.2, 0.25) is 0 Å². The second-order valence-electron chi connectivity index (χ2n) is 18.5. The number of aliphatic hydroxyl groups is 1. The summed E-state index contributed by atoms with van der Waals surface area (Å²) in [6, 6.07) is 17.4. The fourth-order valence-corrected chi connectivity index (χ4v) is 9.17. The van der Waals surface area contributed by atoms with E-state index in [0.717, 1.165) is 103 Å². The highest BCUT2D eigenvalue weighted by Crippen LogP contribution is 2.34. The van der Waals surface area contributed by atoms with Gasteiger partial charge >= 0.3 is 6.03 Å². The molecular weight excluding hydrogens is 825 g/mol. The third kappa shape index (κ3) is 9.29. The van der Waals surface area contributed by atoms with Gasteiger partial charge in [0.05, 0.1) is 41.6 Å². The predicted octanol–water partition coefficient (Wildman–Crippen LogP) is 6.14. The van der Waals surface area contributed by atoms with Gasteiger partial charge in [0.15, 0.2) is 0 Å². The van der Waals surface area contributed by atoms with Crippen molar-refractivity contribution >= 4 is 45.9 Å². The number of amides is 4. The van der Waals surface area contributed by atoms with Crippen molar-refractivity contribution in [2.75, 3.05) is 67.1 Å². The summed E-state index contributed by atoms with van der Waals surface area (Å²) in [4.78, 5) is 67.8. The molecule has 65 heavy (non-hydrogen) atoms. The maximum absolute atomic E-state index is 13.0. The molecule has 0 aliphatic carbocycles. The molecule has 3 aliphatic rings. The molecule has 3 fully saturated rings. The summed E-state index contributed by atoms with van der Waals surface area (Å²) in [6.07, 6.45) is 6.07. The summed E-state index contributed by atoms with van der Waals surface area (Å²) in [5, 5.41) is 20.5. The monoisotopic (exact) mass is 880 g/mol. The van der Waals surface area contributed by atoms with Crippen molar-refractivity contribution in [3.63, 3.8) is 0 Å². The van der Waals surface area contributed by atoms with Crippen molar-refractivity contribution in [3.05, 3.63) is 95.5 Å². The molecule has 17 heteroatoms. The maximum atomic E-state index is 13.0. The van der Waals surface area contributed by atoms with Gasteiger partial charge in [-0.1, -0.05) is 38.1 Å². The first-order valence-electron chi connectivity index (χ1n) is 22.4. The van der Waals surface area contributed by atoms with Crippen LogP contribution in [0.4, 0.5) is 21.9 Å². The largest absolute Gasteiger partial charge is 0.392 e. The molecule has 1 atom stereocenters. The fourth-order valence-electron chi connectivity index (χ4n) is 9.17. The topological polar surface area (TPSA) is 202 Å². The highest BCUT2D eigenvalue weighted by atomic mass is 16.5. The van der Waals surface area contributed by atoms with Crippen LogP contribution in [0, 0.1) is 12.8 Å². The van der Waals surface area contributed by atoms with Crippen molar-refractivity contribution in [2.24, 2.45) is 5.92 Å². The molecule has 0 bridgehead atoms. The van der Waals surface area contributed by atoms with Crippen molar-refractivity contribution in [2.45, 2.75) is 71.9 Å². The summed E-state index contributed by atoms with van der Waals surface area (Å²) < 4.78 is 5.30. The molecule has 0 radical (unpaired) electrons. The van der Waals surface area contributed by atoms with Gasteiger partial charge in [0.2, 0.25) is 11.8 Å². The molecule has 0 saturated carbocycles. The number of nitrogens with zero attached hydrogens (tertiary/aromatic N) is 9. The van der Waals surface area contributed by atoms with Gasteiger partial charge in [-0.05, 0) is 91.8 Å². The molecule has 2 aromatic carbocycles. The van der Waals surface area contributed by atoms with Crippen LogP contribution < -0.4 is 25.3 Å². The predicted molar refractivity (Wildman–Crippen MR) is 248 cm³/mol. The Kier molecular flexibility index (Phi) is 12.1.